The molecule has 0 bridgehead atoms. The van der Waals surface area contributed by atoms with Crippen molar-refractivity contribution in [3.63, 3.8) is 0 Å². The number of hydrogen-bond acceptors (Lipinski definition) is 6. The molecule has 0 aliphatic rings. The van der Waals surface area contributed by atoms with Gasteiger partial charge in [0.25, 0.3) is 0 Å². The van der Waals surface area contributed by atoms with Crippen LogP contribution in [0.3, 0.4) is 0 Å². The molecule has 6 heteroatoms. The lowest BCUT2D eigenvalue weighted by Crippen LogP contribution is -2.21. The maximum Gasteiger partial charge on any atom is 0.348 e. The molecular formula is C21H29NO5. The molecule has 1 aromatic carbocycles. The maximum absolute atomic E-state index is 12.2. The van der Waals surface area contributed by atoms with E-state index in [1.54, 1.807) is 24.3 Å². The lowest BCUT2D eigenvalue weighted by Gasteiger charge is -2.14. The highest BCUT2D eigenvalue weighted by atomic mass is 16.5. The Hall–Kier alpha value is -2.36. The summed E-state index contributed by atoms with van der Waals surface area (Å²) in [6.07, 6.45) is 4.69. The number of hydrogen-bond donors (Lipinski definition) is 2. The Labute approximate surface area is 161 Å². The average Bonchev–Trinajstić information content (AvgIpc) is 2.70. The van der Waals surface area contributed by atoms with Crippen LogP contribution in [0.4, 0.5) is 0 Å². The zero-order valence-electron chi connectivity index (χ0n) is 16.1. The van der Waals surface area contributed by atoms with Gasteiger partial charge < -0.3 is 19.7 Å². The molecule has 1 aromatic rings. The highest BCUT2D eigenvalue weighted by Crippen LogP contribution is 2.17. The van der Waals surface area contributed by atoms with Crippen molar-refractivity contribution in [1.29, 1.82) is 5.26 Å². The minimum atomic E-state index is -0.936. The van der Waals surface area contributed by atoms with Crippen LogP contribution < -0.4 is 4.74 Å². The summed E-state index contributed by atoms with van der Waals surface area (Å²) >= 11 is 0. The molecule has 2 unspecified atom stereocenters. The Morgan fingerprint density at radius 2 is 1.96 bits per heavy atom. The molecule has 0 saturated carbocycles. The van der Waals surface area contributed by atoms with Crippen molar-refractivity contribution in [1.82, 2.24) is 0 Å². The molecular weight excluding hydrogens is 346 g/mol. The van der Waals surface area contributed by atoms with Gasteiger partial charge in [0.15, 0.2) is 0 Å². The van der Waals surface area contributed by atoms with Crippen molar-refractivity contribution >= 4 is 12.0 Å². The monoisotopic (exact) mass is 375 g/mol. The quantitative estimate of drug-likeness (QED) is 0.331. The Morgan fingerprint density at radius 1 is 1.26 bits per heavy atom. The molecule has 1 rings (SSSR count). The van der Waals surface area contributed by atoms with Gasteiger partial charge in [-0.15, -0.1) is 0 Å². The molecule has 0 aliphatic heterocycles. The van der Waals surface area contributed by atoms with E-state index in [0.717, 1.165) is 25.7 Å². The fourth-order valence-electron chi connectivity index (χ4n) is 2.38. The first-order valence-electron chi connectivity index (χ1n) is 9.34. The van der Waals surface area contributed by atoms with Crippen LogP contribution >= 0.6 is 0 Å². The summed E-state index contributed by atoms with van der Waals surface area (Å²) in [5, 5.41) is 27.3. The van der Waals surface area contributed by atoms with Crippen molar-refractivity contribution in [3.8, 4) is 11.8 Å². The molecule has 148 valence electrons. The van der Waals surface area contributed by atoms with Gasteiger partial charge in [0, 0.05) is 0 Å². The average molecular weight is 375 g/mol. The van der Waals surface area contributed by atoms with Gasteiger partial charge in [-0.25, -0.2) is 4.79 Å². The van der Waals surface area contributed by atoms with E-state index in [1.807, 2.05) is 6.07 Å². The van der Waals surface area contributed by atoms with Gasteiger partial charge in [-0.05, 0) is 36.1 Å². The van der Waals surface area contributed by atoms with Crippen molar-refractivity contribution < 1.29 is 24.5 Å². The fourth-order valence-corrected chi connectivity index (χ4v) is 2.38. The van der Waals surface area contributed by atoms with Crippen LogP contribution in [-0.4, -0.2) is 42.1 Å². The molecule has 0 heterocycles. The predicted octanol–water partition coefficient (Wildman–Crippen LogP) is 3.09. The van der Waals surface area contributed by atoms with E-state index in [1.165, 1.54) is 6.08 Å². The standard InChI is InChI=1S/C21H29NO5/c1-3-5-6-16(4-2)14-27-21(25)18(12-22)11-17-7-9-20(10-8-17)26-15-19(24)13-23/h7-11,16,19,23-24H,3-6,13-15H2,1-2H3/b18-11+. The van der Waals surface area contributed by atoms with Crippen LogP contribution in [0.15, 0.2) is 29.8 Å². The van der Waals surface area contributed by atoms with Crippen LogP contribution in [0.25, 0.3) is 6.08 Å². The van der Waals surface area contributed by atoms with Crippen LogP contribution in [0.1, 0.15) is 45.1 Å². The second-order valence-electron chi connectivity index (χ2n) is 6.40. The molecule has 0 saturated heterocycles. The molecule has 0 aromatic heterocycles. The minimum absolute atomic E-state index is 0.0158. The zero-order valence-corrected chi connectivity index (χ0v) is 16.1. The lowest BCUT2D eigenvalue weighted by atomic mass is 10.0. The molecule has 2 atom stereocenters. The third-order valence-corrected chi connectivity index (χ3v) is 4.18. The summed E-state index contributed by atoms with van der Waals surface area (Å²) in [7, 11) is 0. The summed E-state index contributed by atoms with van der Waals surface area (Å²) in [5.74, 6) is 0.223. The molecule has 0 radical (unpaired) electrons. The smallest absolute Gasteiger partial charge is 0.348 e. The summed E-state index contributed by atoms with van der Waals surface area (Å²) < 4.78 is 10.6. The molecule has 0 spiro atoms. The Bertz CT molecular complexity index is 633. The largest absolute Gasteiger partial charge is 0.491 e. The molecule has 0 amide bonds. The molecule has 2 N–H and O–H groups in total. The lowest BCUT2D eigenvalue weighted by molar-refractivity contribution is -0.139. The SMILES string of the molecule is CCCCC(CC)COC(=O)/C(C#N)=C/c1ccc(OCC(O)CO)cc1. The zero-order chi connectivity index (χ0) is 20.1. The topological polar surface area (TPSA) is 99.8 Å². The fraction of sp³-hybridized carbons (Fsp3) is 0.524. The second-order valence-corrected chi connectivity index (χ2v) is 6.40. The van der Waals surface area contributed by atoms with Gasteiger partial charge in [0.1, 0.15) is 30.1 Å². The molecule has 0 aliphatic carbocycles. The van der Waals surface area contributed by atoms with E-state index in [9.17, 15) is 15.2 Å². The summed E-state index contributed by atoms with van der Waals surface area (Å²) in [6.45, 7) is 4.14. The molecule has 0 fully saturated rings. The number of nitriles is 1. The van der Waals surface area contributed by atoms with Gasteiger partial charge in [-0.1, -0.05) is 45.2 Å². The number of esters is 1. The van der Waals surface area contributed by atoms with Gasteiger partial charge in [0.2, 0.25) is 0 Å². The first-order chi connectivity index (χ1) is 13.0. The van der Waals surface area contributed by atoms with E-state index in [2.05, 4.69) is 13.8 Å². The second kappa shape index (κ2) is 12.9. The van der Waals surface area contributed by atoms with Crippen molar-refractivity contribution in [2.24, 2.45) is 5.92 Å². The maximum atomic E-state index is 12.2. The highest BCUT2D eigenvalue weighted by molar-refractivity contribution is 5.97. The first kappa shape index (κ1) is 22.7. The number of nitrogens with zero attached hydrogens (tertiary/aromatic N) is 1. The summed E-state index contributed by atoms with van der Waals surface area (Å²) in [4.78, 5) is 12.2. The van der Waals surface area contributed by atoms with E-state index in [-0.39, 0.29) is 18.8 Å². The van der Waals surface area contributed by atoms with Gasteiger partial charge >= 0.3 is 5.97 Å². The van der Waals surface area contributed by atoms with Crippen LogP contribution in [-0.2, 0) is 9.53 Å². The number of ether oxygens (including phenoxy) is 2. The number of aliphatic hydroxyl groups excluding tert-OH is 2. The number of benzene rings is 1. The van der Waals surface area contributed by atoms with E-state index in [0.29, 0.717) is 23.8 Å². The number of aliphatic hydroxyl groups is 2. The van der Waals surface area contributed by atoms with Gasteiger partial charge in [-0.3, -0.25) is 0 Å². The third kappa shape index (κ3) is 8.72. The number of rotatable bonds is 12. The Kier molecular flexibility index (Phi) is 10.8. The minimum Gasteiger partial charge on any atom is -0.491 e. The van der Waals surface area contributed by atoms with E-state index >= 15 is 0 Å². The Morgan fingerprint density at radius 3 is 2.52 bits per heavy atom. The van der Waals surface area contributed by atoms with Crippen molar-refractivity contribution in [3.05, 3.63) is 35.4 Å². The Balaban J connectivity index is 2.64. The molecule has 27 heavy (non-hydrogen) atoms. The van der Waals surface area contributed by atoms with Crippen molar-refractivity contribution in [2.75, 3.05) is 19.8 Å². The van der Waals surface area contributed by atoms with Gasteiger partial charge in [0.05, 0.1) is 13.2 Å². The number of carbonyl (C=O) groups excluding carboxylic acids is 1. The highest BCUT2D eigenvalue weighted by Gasteiger charge is 2.14. The first-order valence-corrected chi connectivity index (χ1v) is 9.34. The van der Waals surface area contributed by atoms with Crippen LogP contribution in [0.5, 0.6) is 5.75 Å². The molecule has 6 nitrogen and oxygen atoms in total. The normalized spacial score (nSPS) is 13.5. The summed E-state index contributed by atoms with van der Waals surface area (Å²) in [6, 6.07) is 8.61. The number of carbonyl (C=O) groups is 1. The van der Waals surface area contributed by atoms with E-state index < -0.39 is 12.1 Å². The predicted molar refractivity (Wildman–Crippen MR) is 103 cm³/mol. The third-order valence-electron chi connectivity index (χ3n) is 4.18. The van der Waals surface area contributed by atoms with Crippen LogP contribution in [0.2, 0.25) is 0 Å². The number of unbranched alkanes of at least 4 members (excludes halogenated alkanes) is 1. The van der Waals surface area contributed by atoms with Crippen LogP contribution in [0, 0.1) is 17.2 Å². The van der Waals surface area contributed by atoms with E-state index in [4.69, 9.17) is 14.6 Å². The summed E-state index contributed by atoms with van der Waals surface area (Å²) in [5.41, 5.74) is 0.612. The van der Waals surface area contributed by atoms with Gasteiger partial charge in [-0.2, -0.15) is 5.26 Å². The van der Waals surface area contributed by atoms with Crippen molar-refractivity contribution in [2.45, 2.75) is 45.6 Å².